The fraction of sp³-hybridized carbons (Fsp3) is 0.867. The molecule has 1 fully saturated rings. The molecule has 2 unspecified atom stereocenters. The van der Waals surface area contributed by atoms with Gasteiger partial charge in [-0.2, -0.15) is 16.7 Å². The zero-order chi connectivity index (χ0) is 15.1. The highest BCUT2D eigenvalue weighted by atomic mass is 32.2. The van der Waals surface area contributed by atoms with Crippen molar-refractivity contribution in [2.45, 2.75) is 51.6 Å². The summed E-state index contributed by atoms with van der Waals surface area (Å²) >= 11 is 1.97. The molecule has 0 amide bonds. The number of rotatable bonds is 8. The normalized spacial score (nSPS) is 21.6. The summed E-state index contributed by atoms with van der Waals surface area (Å²) in [5, 5.41) is 7.79. The maximum Gasteiger partial charge on any atom is 0.228 e. The predicted octanol–water partition coefficient (Wildman–Crippen LogP) is 2.50. The van der Waals surface area contributed by atoms with Gasteiger partial charge in [0.05, 0.1) is 6.04 Å². The first kappa shape index (κ1) is 16.8. The highest BCUT2D eigenvalue weighted by Gasteiger charge is 2.26. The van der Waals surface area contributed by atoms with Crippen LogP contribution in [0.15, 0.2) is 4.52 Å². The quantitative estimate of drug-likeness (QED) is 0.796. The van der Waals surface area contributed by atoms with Crippen LogP contribution in [0.2, 0.25) is 0 Å². The molecule has 0 aliphatic carbocycles. The van der Waals surface area contributed by atoms with Crippen LogP contribution >= 0.6 is 11.8 Å². The first-order valence-corrected chi connectivity index (χ1v) is 9.23. The van der Waals surface area contributed by atoms with Gasteiger partial charge in [-0.25, -0.2) is 0 Å². The third kappa shape index (κ3) is 4.97. The molecule has 1 aliphatic heterocycles. The molecule has 0 radical (unpaired) electrons. The summed E-state index contributed by atoms with van der Waals surface area (Å²) in [6.07, 6.45) is 4.31. The van der Waals surface area contributed by atoms with Crippen molar-refractivity contribution < 1.29 is 4.52 Å². The maximum absolute atomic E-state index is 5.49. The lowest BCUT2D eigenvalue weighted by molar-refractivity contribution is 0.256. The van der Waals surface area contributed by atoms with E-state index in [1.54, 1.807) is 0 Å². The standard InChI is InChI=1S/C15H28N4OS/c1-4-6-12(16-7-5-2)10-14-17-15(18-20-14)13-11-21-9-8-19(13)3/h12-13,16H,4-11H2,1-3H3. The van der Waals surface area contributed by atoms with Crippen LogP contribution in [0.1, 0.15) is 50.9 Å². The molecule has 0 saturated carbocycles. The summed E-state index contributed by atoms with van der Waals surface area (Å²) in [4.78, 5) is 6.97. The lowest BCUT2D eigenvalue weighted by atomic mass is 10.1. The Morgan fingerprint density at radius 3 is 3.00 bits per heavy atom. The van der Waals surface area contributed by atoms with Gasteiger partial charge in [0.1, 0.15) is 0 Å². The second-order valence-electron chi connectivity index (χ2n) is 5.76. The van der Waals surface area contributed by atoms with Crippen LogP contribution in [0, 0.1) is 0 Å². The minimum Gasteiger partial charge on any atom is -0.339 e. The van der Waals surface area contributed by atoms with Gasteiger partial charge < -0.3 is 9.84 Å². The Morgan fingerprint density at radius 2 is 2.29 bits per heavy atom. The zero-order valence-electron chi connectivity index (χ0n) is 13.5. The third-order valence-electron chi connectivity index (χ3n) is 3.92. The maximum atomic E-state index is 5.49. The molecule has 2 heterocycles. The van der Waals surface area contributed by atoms with Gasteiger partial charge in [0.25, 0.3) is 0 Å². The van der Waals surface area contributed by atoms with Gasteiger partial charge in [-0.05, 0) is 26.4 Å². The van der Waals surface area contributed by atoms with Crippen molar-refractivity contribution in [3.8, 4) is 0 Å². The molecule has 0 bridgehead atoms. The van der Waals surface area contributed by atoms with E-state index in [0.29, 0.717) is 12.1 Å². The number of hydrogen-bond donors (Lipinski definition) is 1. The fourth-order valence-corrected chi connectivity index (χ4v) is 3.84. The van der Waals surface area contributed by atoms with E-state index in [4.69, 9.17) is 4.52 Å². The summed E-state index contributed by atoms with van der Waals surface area (Å²) in [6, 6.07) is 0.746. The molecule has 1 aromatic rings. The number of nitrogens with zero attached hydrogens (tertiary/aromatic N) is 3. The molecule has 0 spiro atoms. The molecule has 1 N–H and O–H groups in total. The minimum absolute atomic E-state index is 0.300. The topological polar surface area (TPSA) is 54.2 Å². The summed E-state index contributed by atoms with van der Waals surface area (Å²) in [5.41, 5.74) is 0. The summed E-state index contributed by atoms with van der Waals surface area (Å²) in [5.74, 6) is 3.88. The van der Waals surface area contributed by atoms with Gasteiger partial charge >= 0.3 is 0 Å². The molecule has 120 valence electrons. The third-order valence-corrected chi connectivity index (χ3v) is 4.94. The molecule has 6 heteroatoms. The number of thioether (sulfide) groups is 1. The van der Waals surface area contributed by atoms with Crippen molar-refractivity contribution in [1.29, 1.82) is 0 Å². The Balaban J connectivity index is 1.94. The SMILES string of the molecule is CCCNC(CCC)Cc1nc(C2CSCCN2C)no1. The van der Waals surface area contributed by atoms with Gasteiger partial charge in [0, 0.05) is 30.5 Å². The van der Waals surface area contributed by atoms with Crippen LogP contribution in [-0.2, 0) is 6.42 Å². The van der Waals surface area contributed by atoms with E-state index in [1.807, 2.05) is 11.8 Å². The molecule has 5 nitrogen and oxygen atoms in total. The number of hydrogen-bond acceptors (Lipinski definition) is 6. The molecule has 1 aliphatic rings. The zero-order valence-corrected chi connectivity index (χ0v) is 14.3. The molecular weight excluding hydrogens is 284 g/mol. The van der Waals surface area contributed by atoms with Crippen molar-refractivity contribution in [2.24, 2.45) is 0 Å². The van der Waals surface area contributed by atoms with E-state index in [0.717, 1.165) is 49.8 Å². The molecule has 21 heavy (non-hydrogen) atoms. The lowest BCUT2D eigenvalue weighted by Gasteiger charge is -2.29. The molecular formula is C15H28N4OS. The van der Waals surface area contributed by atoms with Gasteiger partial charge in [-0.3, -0.25) is 4.90 Å². The summed E-state index contributed by atoms with van der Waals surface area (Å²) in [7, 11) is 2.14. The molecule has 2 atom stereocenters. The summed E-state index contributed by atoms with van der Waals surface area (Å²) < 4.78 is 5.49. The van der Waals surface area contributed by atoms with Crippen LogP contribution in [-0.4, -0.2) is 52.7 Å². The largest absolute Gasteiger partial charge is 0.339 e. The Hall–Kier alpha value is -0.590. The van der Waals surface area contributed by atoms with Gasteiger partial charge in [-0.15, -0.1) is 0 Å². The van der Waals surface area contributed by atoms with Gasteiger partial charge in [-0.1, -0.05) is 25.4 Å². The number of nitrogens with one attached hydrogen (secondary N) is 1. The van der Waals surface area contributed by atoms with Crippen molar-refractivity contribution in [3.63, 3.8) is 0 Å². The van der Waals surface area contributed by atoms with Crippen LogP contribution in [0.3, 0.4) is 0 Å². The Kier molecular flexibility index (Phi) is 6.99. The Labute approximate surface area is 132 Å². The van der Waals surface area contributed by atoms with E-state index < -0.39 is 0 Å². The van der Waals surface area contributed by atoms with E-state index in [-0.39, 0.29) is 0 Å². The molecule has 2 rings (SSSR count). The highest BCUT2D eigenvalue weighted by molar-refractivity contribution is 7.99. The first-order valence-electron chi connectivity index (χ1n) is 8.08. The summed E-state index contributed by atoms with van der Waals surface area (Å²) in [6.45, 7) is 6.55. The number of aromatic nitrogens is 2. The molecule has 1 saturated heterocycles. The van der Waals surface area contributed by atoms with Crippen molar-refractivity contribution in [3.05, 3.63) is 11.7 Å². The van der Waals surface area contributed by atoms with Crippen LogP contribution < -0.4 is 5.32 Å². The average Bonchev–Trinajstić information content (AvgIpc) is 2.94. The average molecular weight is 312 g/mol. The van der Waals surface area contributed by atoms with Crippen molar-refractivity contribution in [1.82, 2.24) is 20.4 Å². The van der Waals surface area contributed by atoms with E-state index in [1.165, 1.54) is 12.2 Å². The molecule has 0 aromatic carbocycles. The van der Waals surface area contributed by atoms with Crippen molar-refractivity contribution in [2.75, 3.05) is 31.6 Å². The second kappa shape index (κ2) is 8.76. The van der Waals surface area contributed by atoms with Crippen LogP contribution in [0.25, 0.3) is 0 Å². The van der Waals surface area contributed by atoms with Crippen LogP contribution in [0.5, 0.6) is 0 Å². The highest BCUT2D eigenvalue weighted by Crippen LogP contribution is 2.26. The smallest absolute Gasteiger partial charge is 0.228 e. The van der Waals surface area contributed by atoms with Crippen molar-refractivity contribution >= 4 is 11.8 Å². The van der Waals surface area contributed by atoms with E-state index in [2.05, 4.69) is 41.3 Å². The van der Waals surface area contributed by atoms with Gasteiger partial charge in [0.2, 0.25) is 5.89 Å². The molecule has 1 aromatic heterocycles. The van der Waals surface area contributed by atoms with E-state index >= 15 is 0 Å². The van der Waals surface area contributed by atoms with E-state index in [9.17, 15) is 0 Å². The predicted molar refractivity (Wildman–Crippen MR) is 87.7 cm³/mol. The first-order chi connectivity index (χ1) is 10.2. The minimum atomic E-state index is 0.300. The van der Waals surface area contributed by atoms with Gasteiger partial charge in [0.15, 0.2) is 5.82 Å². The monoisotopic (exact) mass is 312 g/mol. The second-order valence-corrected chi connectivity index (χ2v) is 6.91. The fourth-order valence-electron chi connectivity index (χ4n) is 2.63. The Bertz CT molecular complexity index is 412. The lowest BCUT2D eigenvalue weighted by Crippen LogP contribution is -2.33. The Morgan fingerprint density at radius 1 is 1.43 bits per heavy atom. The van der Waals surface area contributed by atoms with Crippen LogP contribution in [0.4, 0.5) is 0 Å².